The number of nitrogens with zero attached hydrogens (tertiary/aromatic N) is 4. The molecule has 1 unspecified atom stereocenters. The summed E-state index contributed by atoms with van der Waals surface area (Å²) in [6.45, 7) is 6.71. The summed E-state index contributed by atoms with van der Waals surface area (Å²) in [5.74, 6) is 1.62. The third kappa shape index (κ3) is 2.52. The minimum atomic E-state index is 0.603. The Kier molecular flexibility index (Phi) is 3.55. The van der Waals surface area contributed by atoms with Crippen molar-refractivity contribution in [2.24, 2.45) is 0 Å². The zero-order valence-electron chi connectivity index (χ0n) is 11.7. The van der Waals surface area contributed by atoms with Crippen molar-refractivity contribution in [2.75, 3.05) is 36.8 Å². The van der Waals surface area contributed by atoms with Crippen LogP contribution < -0.4 is 10.6 Å². The number of aromatic nitrogens is 2. The molecule has 0 amide bonds. The van der Waals surface area contributed by atoms with Gasteiger partial charge in [0.05, 0.1) is 0 Å². The van der Waals surface area contributed by atoms with Crippen LogP contribution in [0.3, 0.4) is 0 Å². The molecule has 2 aliphatic heterocycles. The highest BCUT2D eigenvalue weighted by atomic mass is 15.3. The first kappa shape index (κ1) is 12.7. The Bertz CT molecular complexity index is 441. The molecule has 5 nitrogen and oxygen atoms in total. The van der Waals surface area contributed by atoms with E-state index in [1.807, 2.05) is 6.92 Å². The van der Waals surface area contributed by atoms with E-state index >= 15 is 0 Å². The standard InChI is InChI=1S/C14H23N5/c1-11-13(15)16-10-17-14(11)19-8-5-12(9-19)18-6-3-2-4-7-18/h10,12H,2-9H2,1H3,(H2,15,16,17). The number of likely N-dealkylation sites (tertiary alicyclic amines) is 1. The van der Waals surface area contributed by atoms with Gasteiger partial charge in [0.15, 0.2) is 0 Å². The molecule has 3 rings (SSSR count). The van der Waals surface area contributed by atoms with Gasteiger partial charge in [0.1, 0.15) is 18.0 Å². The minimum Gasteiger partial charge on any atom is -0.383 e. The Morgan fingerprint density at radius 2 is 1.95 bits per heavy atom. The normalized spacial score (nSPS) is 24.9. The number of hydrogen-bond acceptors (Lipinski definition) is 5. The molecule has 1 aromatic heterocycles. The van der Waals surface area contributed by atoms with E-state index in [4.69, 9.17) is 5.73 Å². The zero-order chi connectivity index (χ0) is 13.2. The van der Waals surface area contributed by atoms with E-state index in [2.05, 4.69) is 19.8 Å². The molecule has 0 bridgehead atoms. The Morgan fingerprint density at radius 1 is 1.16 bits per heavy atom. The molecular formula is C14H23N5. The fourth-order valence-electron chi connectivity index (χ4n) is 3.29. The van der Waals surface area contributed by atoms with Crippen molar-refractivity contribution in [3.63, 3.8) is 0 Å². The summed E-state index contributed by atoms with van der Waals surface area (Å²) < 4.78 is 0. The van der Waals surface area contributed by atoms with Crippen molar-refractivity contribution in [2.45, 2.75) is 38.6 Å². The van der Waals surface area contributed by atoms with Crippen LogP contribution in [0, 0.1) is 6.92 Å². The van der Waals surface area contributed by atoms with Gasteiger partial charge in [-0.15, -0.1) is 0 Å². The fourth-order valence-corrected chi connectivity index (χ4v) is 3.29. The maximum atomic E-state index is 5.88. The van der Waals surface area contributed by atoms with Gasteiger partial charge in [-0.05, 0) is 39.3 Å². The maximum absolute atomic E-state index is 5.88. The van der Waals surface area contributed by atoms with Gasteiger partial charge in [-0.2, -0.15) is 0 Å². The van der Waals surface area contributed by atoms with Crippen molar-refractivity contribution in [1.82, 2.24) is 14.9 Å². The van der Waals surface area contributed by atoms with Gasteiger partial charge in [0, 0.05) is 24.7 Å². The van der Waals surface area contributed by atoms with Crippen molar-refractivity contribution in [3.8, 4) is 0 Å². The summed E-state index contributed by atoms with van der Waals surface area (Å²) in [5.41, 5.74) is 6.89. The molecule has 3 heterocycles. The van der Waals surface area contributed by atoms with E-state index in [1.54, 1.807) is 6.33 Å². The molecule has 2 N–H and O–H groups in total. The third-order valence-corrected chi connectivity index (χ3v) is 4.47. The molecule has 1 atom stereocenters. The molecule has 0 spiro atoms. The largest absolute Gasteiger partial charge is 0.383 e. The summed E-state index contributed by atoms with van der Waals surface area (Å²) in [7, 11) is 0. The lowest BCUT2D eigenvalue weighted by molar-refractivity contribution is 0.175. The highest BCUT2D eigenvalue weighted by molar-refractivity contribution is 5.56. The van der Waals surface area contributed by atoms with E-state index in [-0.39, 0.29) is 0 Å². The predicted octanol–water partition coefficient (Wildman–Crippen LogP) is 1.43. The van der Waals surface area contributed by atoms with E-state index in [1.165, 1.54) is 38.8 Å². The topological polar surface area (TPSA) is 58.3 Å². The first-order valence-electron chi connectivity index (χ1n) is 7.32. The predicted molar refractivity (Wildman–Crippen MR) is 77.2 cm³/mol. The van der Waals surface area contributed by atoms with Crippen molar-refractivity contribution in [1.29, 1.82) is 0 Å². The number of rotatable bonds is 2. The zero-order valence-corrected chi connectivity index (χ0v) is 11.7. The maximum Gasteiger partial charge on any atom is 0.137 e. The molecule has 104 valence electrons. The number of hydrogen-bond donors (Lipinski definition) is 1. The SMILES string of the molecule is Cc1c(N)ncnc1N1CCC(N2CCCCC2)C1. The molecule has 1 aromatic rings. The molecular weight excluding hydrogens is 238 g/mol. The lowest BCUT2D eigenvalue weighted by atomic mass is 10.1. The van der Waals surface area contributed by atoms with E-state index < -0.39 is 0 Å². The van der Waals surface area contributed by atoms with Crippen LogP contribution in [-0.4, -0.2) is 47.1 Å². The fraction of sp³-hybridized carbons (Fsp3) is 0.714. The Morgan fingerprint density at radius 3 is 2.74 bits per heavy atom. The lowest BCUT2D eigenvalue weighted by Gasteiger charge is -2.32. The highest BCUT2D eigenvalue weighted by Crippen LogP contribution is 2.27. The summed E-state index contributed by atoms with van der Waals surface area (Å²) in [4.78, 5) is 13.5. The number of nitrogens with two attached hydrogens (primary N) is 1. The molecule has 19 heavy (non-hydrogen) atoms. The van der Waals surface area contributed by atoms with Crippen LogP contribution in [0.4, 0.5) is 11.6 Å². The third-order valence-electron chi connectivity index (χ3n) is 4.47. The van der Waals surface area contributed by atoms with Crippen molar-refractivity contribution in [3.05, 3.63) is 11.9 Å². The van der Waals surface area contributed by atoms with Crippen LogP contribution in [0.15, 0.2) is 6.33 Å². The van der Waals surface area contributed by atoms with Gasteiger partial charge in [0.25, 0.3) is 0 Å². The number of nitrogen functional groups attached to an aromatic ring is 1. The van der Waals surface area contributed by atoms with Crippen LogP contribution in [0.1, 0.15) is 31.2 Å². The summed E-state index contributed by atoms with van der Waals surface area (Å²) in [5, 5.41) is 0. The van der Waals surface area contributed by atoms with Gasteiger partial charge in [0.2, 0.25) is 0 Å². The number of anilines is 2. The van der Waals surface area contributed by atoms with Gasteiger partial charge in [-0.1, -0.05) is 6.42 Å². The van der Waals surface area contributed by atoms with Crippen LogP contribution in [-0.2, 0) is 0 Å². The molecule has 0 saturated carbocycles. The molecule has 0 aliphatic carbocycles. The quantitative estimate of drug-likeness (QED) is 0.873. The lowest BCUT2D eigenvalue weighted by Crippen LogP contribution is -2.41. The van der Waals surface area contributed by atoms with Crippen LogP contribution in [0.2, 0.25) is 0 Å². The van der Waals surface area contributed by atoms with Crippen LogP contribution in [0.25, 0.3) is 0 Å². The molecule has 2 fully saturated rings. The van der Waals surface area contributed by atoms with E-state index in [0.717, 1.165) is 24.5 Å². The Labute approximate surface area is 114 Å². The Balaban J connectivity index is 1.69. The average Bonchev–Trinajstić information content (AvgIpc) is 2.92. The van der Waals surface area contributed by atoms with Crippen LogP contribution in [0.5, 0.6) is 0 Å². The van der Waals surface area contributed by atoms with E-state index in [9.17, 15) is 0 Å². The van der Waals surface area contributed by atoms with Gasteiger partial charge >= 0.3 is 0 Å². The molecule has 0 radical (unpaired) electrons. The van der Waals surface area contributed by atoms with Crippen molar-refractivity contribution < 1.29 is 0 Å². The smallest absolute Gasteiger partial charge is 0.137 e. The monoisotopic (exact) mass is 261 g/mol. The molecule has 2 saturated heterocycles. The second-order valence-corrected chi connectivity index (χ2v) is 5.69. The summed E-state index contributed by atoms with van der Waals surface area (Å²) in [6.07, 6.45) is 6.93. The second-order valence-electron chi connectivity index (χ2n) is 5.69. The second kappa shape index (κ2) is 5.33. The molecule has 0 aromatic carbocycles. The number of piperidine rings is 1. The molecule has 5 heteroatoms. The van der Waals surface area contributed by atoms with Crippen LogP contribution >= 0.6 is 0 Å². The minimum absolute atomic E-state index is 0.603. The summed E-state index contributed by atoms with van der Waals surface area (Å²) in [6, 6.07) is 0.691. The first-order chi connectivity index (χ1) is 9.25. The highest BCUT2D eigenvalue weighted by Gasteiger charge is 2.29. The Hall–Kier alpha value is -1.36. The van der Waals surface area contributed by atoms with Gasteiger partial charge < -0.3 is 10.6 Å². The van der Waals surface area contributed by atoms with Crippen molar-refractivity contribution >= 4 is 11.6 Å². The summed E-state index contributed by atoms with van der Waals surface area (Å²) >= 11 is 0. The van der Waals surface area contributed by atoms with Gasteiger partial charge in [-0.25, -0.2) is 9.97 Å². The average molecular weight is 261 g/mol. The molecule has 2 aliphatic rings. The van der Waals surface area contributed by atoms with Gasteiger partial charge in [-0.3, -0.25) is 4.90 Å². The van der Waals surface area contributed by atoms with E-state index in [0.29, 0.717) is 11.9 Å². The first-order valence-corrected chi connectivity index (χ1v) is 7.32.